The molecule has 1 aliphatic heterocycles. The van der Waals surface area contributed by atoms with Crippen molar-refractivity contribution in [2.45, 2.75) is 38.2 Å². The fraction of sp³-hybridized carbons (Fsp3) is 0.727. The van der Waals surface area contributed by atoms with Crippen molar-refractivity contribution >= 4 is 0 Å². The third-order valence-electron chi connectivity index (χ3n) is 2.85. The summed E-state index contributed by atoms with van der Waals surface area (Å²) in [5.41, 5.74) is 6.51. The lowest BCUT2D eigenvalue weighted by Crippen LogP contribution is -2.13. The van der Waals surface area contributed by atoms with E-state index in [1.165, 1.54) is 6.42 Å². The molecular weight excluding hydrogens is 192 g/mol. The third kappa shape index (κ3) is 2.38. The Bertz CT molecular complexity index is 305. The van der Waals surface area contributed by atoms with E-state index >= 15 is 0 Å². The lowest BCUT2D eigenvalue weighted by Gasteiger charge is -2.19. The Balaban J connectivity index is 2.05. The average molecular weight is 210 g/mol. The number of rotatable bonds is 3. The van der Waals surface area contributed by atoms with Gasteiger partial charge < -0.3 is 14.9 Å². The van der Waals surface area contributed by atoms with Gasteiger partial charge in [-0.3, -0.25) is 0 Å². The molecule has 1 fully saturated rings. The van der Waals surface area contributed by atoms with Crippen LogP contribution in [0.5, 0.6) is 0 Å². The summed E-state index contributed by atoms with van der Waals surface area (Å²) in [5, 5.41) is 0. The Kier molecular flexibility index (Phi) is 3.38. The molecule has 1 aromatic rings. The number of oxazole rings is 1. The summed E-state index contributed by atoms with van der Waals surface area (Å²) in [4.78, 5) is 4.43. The predicted octanol–water partition coefficient (Wildman–Crippen LogP) is 1.98. The first-order valence-electron chi connectivity index (χ1n) is 5.58. The zero-order valence-corrected chi connectivity index (χ0v) is 9.11. The van der Waals surface area contributed by atoms with Crippen LogP contribution in [-0.2, 0) is 4.74 Å². The summed E-state index contributed by atoms with van der Waals surface area (Å²) in [7, 11) is 0. The van der Waals surface area contributed by atoms with E-state index in [1.54, 1.807) is 6.26 Å². The van der Waals surface area contributed by atoms with E-state index in [9.17, 15) is 0 Å². The van der Waals surface area contributed by atoms with Crippen LogP contribution in [0.25, 0.3) is 0 Å². The minimum atomic E-state index is 0.0532. The summed E-state index contributed by atoms with van der Waals surface area (Å²) < 4.78 is 11.0. The maximum absolute atomic E-state index is 5.60. The highest BCUT2D eigenvalue weighted by atomic mass is 16.5. The van der Waals surface area contributed by atoms with Crippen LogP contribution < -0.4 is 5.73 Å². The van der Waals surface area contributed by atoms with Gasteiger partial charge in [0.15, 0.2) is 0 Å². The van der Waals surface area contributed by atoms with Gasteiger partial charge in [0.1, 0.15) is 12.4 Å². The second kappa shape index (κ2) is 4.77. The maximum Gasteiger partial charge on any atom is 0.223 e. The van der Waals surface area contributed by atoms with Crippen LogP contribution >= 0.6 is 0 Å². The molecule has 0 bridgehead atoms. The van der Waals surface area contributed by atoms with E-state index in [0.29, 0.717) is 12.4 Å². The van der Waals surface area contributed by atoms with Crippen molar-refractivity contribution < 1.29 is 9.15 Å². The summed E-state index contributed by atoms with van der Waals surface area (Å²) in [5.74, 6) is 0.969. The van der Waals surface area contributed by atoms with Gasteiger partial charge in [0, 0.05) is 19.1 Å². The molecule has 0 radical (unpaired) electrons. The van der Waals surface area contributed by atoms with Crippen LogP contribution in [0.4, 0.5) is 0 Å². The second-order valence-corrected chi connectivity index (χ2v) is 4.10. The van der Waals surface area contributed by atoms with E-state index in [1.807, 2.05) is 6.92 Å². The quantitative estimate of drug-likeness (QED) is 0.828. The van der Waals surface area contributed by atoms with Crippen molar-refractivity contribution in [2.24, 2.45) is 5.73 Å². The first-order valence-corrected chi connectivity index (χ1v) is 5.58. The molecule has 1 aliphatic rings. The molecule has 2 atom stereocenters. The molecule has 2 unspecified atom stereocenters. The molecule has 15 heavy (non-hydrogen) atoms. The fourth-order valence-corrected chi connectivity index (χ4v) is 1.73. The molecule has 1 saturated heterocycles. The molecule has 0 amide bonds. The van der Waals surface area contributed by atoms with Gasteiger partial charge in [-0.05, 0) is 19.3 Å². The normalized spacial score (nSPS) is 24.0. The summed E-state index contributed by atoms with van der Waals surface area (Å²) in [6.45, 7) is 3.45. The molecule has 0 saturated carbocycles. The SMILES string of the molecule is CC(CN)c1coc(C2CCCCO2)n1. The van der Waals surface area contributed by atoms with Crippen molar-refractivity contribution in [2.75, 3.05) is 13.2 Å². The molecule has 4 heteroatoms. The standard InChI is InChI=1S/C11H18N2O2/c1-8(6-12)9-7-15-11(13-9)10-4-2-3-5-14-10/h7-8,10H,2-6,12H2,1H3. The Hall–Kier alpha value is -0.870. The monoisotopic (exact) mass is 210 g/mol. The van der Waals surface area contributed by atoms with Crippen LogP contribution in [0, 0.1) is 0 Å². The van der Waals surface area contributed by atoms with E-state index in [2.05, 4.69) is 4.98 Å². The van der Waals surface area contributed by atoms with Gasteiger partial charge in [-0.15, -0.1) is 0 Å². The van der Waals surface area contributed by atoms with Gasteiger partial charge >= 0.3 is 0 Å². The van der Waals surface area contributed by atoms with Gasteiger partial charge in [-0.1, -0.05) is 6.92 Å². The van der Waals surface area contributed by atoms with Crippen LogP contribution in [0.2, 0.25) is 0 Å². The topological polar surface area (TPSA) is 61.3 Å². The van der Waals surface area contributed by atoms with Crippen molar-refractivity contribution in [3.63, 3.8) is 0 Å². The molecular formula is C11H18N2O2. The highest BCUT2D eigenvalue weighted by Crippen LogP contribution is 2.28. The summed E-state index contributed by atoms with van der Waals surface area (Å²) in [6.07, 6.45) is 5.09. The smallest absolute Gasteiger partial charge is 0.223 e. The fourth-order valence-electron chi connectivity index (χ4n) is 1.73. The number of ether oxygens (including phenoxy) is 1. The number of nitrogens with zero attached hydrogens (tertiary/aromatic N) is 1. The molecule has 2 rings (SSSR count). The van der Waals surface area contributed by atoms with Gasteiger partial charge in [0.2, 0.25) is 5.89 Å². The molecule has 2 N–H and O–H groups in total. The highest BCUT2D eigenvalue weighted by molar-refractivity contribution is 5.05. The average Bonchev–Trinajstić information content (AvgIpc) is 2.78. The number of hydrogen-bond acceptors (Lipinski definition) is 4. The zero-order chi connectivity index (χ0) is 10.7. The second-order valence-electron chi connectivity index (χ2n) is 4.10. The minimum Gasteiger partial charge on any atom is -0.446 e. The minimum absolute atomic E-state index is 0.0532. The van der Waals surface area contributed by atoms with Crippen LogP contribution in [0.15, 0.2) is 10.7 Å². The van der Waals surface area contributed by atoms with E-state index in [-0.39, 0.29) is 12.0 Å². The lowest BCUT2D eigenvalue weighted by atomic mass is 10.1. The predicted molar refractivity (Wildman–Crippen MR) is 56.5 cm³/mol. The molecule has 4 nitrogen and oxygen atoms in total. The van der Waals surface area contributed by atoms with Crippen molar-refractivity contribution in [1.82, 2.24) is 4.98 Å². The Labute approximate surface area is 89.8 Å². The van der Waals surface area contributed by atoms with E-state index in [4.69, 9.17) is 14.9 Å². The Morgan fingerprint density at radius 1 is 1.60 bits per heavy atom. The summed E-state index contributed by atoms with van der Waals surface area (Å²) in [6, 6.07) is 0. The number of nitrogens with two attached hydrogens (primary N) is 1. The van der Waals surface area contributed by atoms with Crippen LogP contribution in [0.1, 0.15) is 49.8 Å². The molecule has 0 aromatic carbocycles. The van der Waals surface area contributed by atoms with Gasteiger partial charge in [-0.25, -0.2) is 4.98 Å². The maximum atomic E-state index is 5.60. The lowest BCUT2D eigenvalue weighted by molar-refractivity contribution is -0.00149. The van der Waals surface area contributed by atoms with Crippen LogP contribution in [0.3, 0.4) is 0 Å². The van der Waals surface area contributed by atoms with E-state index in [0.717, 1.165) is 25.1 Å². The first-order chi connectivity index (χ1) is 7.31. The van der Waals surface area contributed by atoms with E-state index < -0.39 is 0 Å². The summed E-state index contributed by atoms with van der Waals surface area (Å²) >= 11 is 0. The van der Waals surface area contributed by atoms with Gasteiger partial charge in [0.05, 0.1) is 5.69 Å². The van der Waals surface area contributed by atoms with Gasteiger partial charge in [-0.2, -0.15) is 0 Å². The number of hydrogen-bond donors (Lipinski definition) is 1. The Morgan fingerprint density at radius 3 is 3.13 bits per heavy atom. The third-order valence-corrected chi connectivity index (χ3v) is 2.85. The van der Waals surface area contributed by atoms with Crippen molar-refractivity contribution in [3.05, 3.63) is 17.8 Å². The molecule has 0 spiro atoms. The van der Waals surface area contributed by atoms with Crippen LogP contribution in [-0.4, -0.2) is 18.1 Å². The number of aromatic nitrogens is 1. The molecule has 1 aromatic heterocycles. The molecule has 2 heterocycles. The largest absolute Gasteiger partial charge is 0.446 e. The first kappa shape index (κ1) is 10.6. The molecule has 0 aliphatic carbocycles. The highest BCUT2D eigenvalue weighted by Gasteiger charge is 2.21. The van der Waals surface area contributed by atoms with Crippen molar-refractivity contribution in [3.8, 4) is 0 Å². The van der Waals surface area contributed by atoms with Crippen molar-refractivity contribution in [1.29, 1.82) is 0 Å². The molecule has 84 valence electrons. The zero-order valence-electron chi connectivity index (χ0n) is 9.11. The Morgan fingerprint density at radius 2 is 2.47 bits per heavy atom. The van der Waals surface area contributed by atoms with Gasteiger partial charge in [0.25, 0.3) is 0 Å².